The maximum Gasteiger partial charge on any atom is 0.270 e. The summed E-state index contributed by atoms with van der Waals surface area (Å²) >= 11 is 0. The molecule has 0 radical (unpaired) electrons. The molecule has 7 heteroatoms. The van der Waals surface area contributed by atoms with Crippen molar-refractivity contribution in [2.24, 2.45) is 0 Å². The Morgan fingerprint density at radius 2 is 1.77 bits per heavy atom. The van der Waals surface area contributed by atoms with Gasteiger partial charge in [-0.15, -0.1) is 0 Å². The van der Waals surface area contributed by atoms with E-state index < -0.39 is 4.92 Å². The van der Waals surface area contributed by atoms with Crippen molar-refractivity contribution in [3.05, 3.63) is 105 Å². The first-order valence-electron chi connectivity index (χ1n) is 9.16. The van der Waals surface area contributed by atoms with Crippen LogP contribution in [0.15, 0.2) is 77.6 Å². The molecule has 0 saturated carbocycles. The molecule has 0 bridgehead atoms. The Bertz CT molecular complexity index is 1340. The topological polar surface area (TPSA) is 87.3 Å². The van der Waals surface area contributed by atoms with Crippen molar-refractivity contribution >= 4 is 28.7 Å². The zero-order chi connectivity index (χ0) is 21.1. The molecule has 0 fully saturated rings. The van der Waals surface area contributed by atoms with Crippen molar-refractivity contribution in [3.63, 3.8) is 0 Å². The second-order valence-electron chi connectivity index (χ2n) is 6.48. The van der Waals surface area contributed by atoms with E-state index in [0.29, 0.717) is 33.7 Å². The Morgan fingerprint density at radius 1 is 1.00 bits per heavy atom. The van der Waals surface area contributed by atoms with Gasteiger partial charge >= 0.3 is 0 Å². The van der Waals surface area contributed by atoms with Gasteiger partial charge in [0.2, 0.25) is 0 Å². The van der Waals surface area contributed by atoms with E-state index >= 15 is 0 Å². The molecule has 0 aliphatic carbocycles. The smallest absolute Gasteiger partial charge is 0.270 e. The zero-order valence-electron chi connectivity index (χ0n) is 16.1. The number of benzene rings is 3. The van der Waals surface area contributed by atoms with Gasteiger partial charge in [0.05, 0.1) is 28.6 Å². The lowest BCUT2D eigenvalue weighted by atomic mass is 10.1. The van der Waals surface area contributed by atoms with Gasteiger partial charge in [-0.3, -0.25) is 19.5 Å². The number of non-ortho nitro benzene ring substituents is 1. The predicted octanol–water partition coefficient (Wildman–Crippen LogP) is 4.47. The molecule has 0 aliphatic heterocycles. The molecule has 0 aliphatic rings. The Hall–Kier alpha value is -4.26. The number of nitro benzene ring substituents is 1. The summed E-state index contributed by atoms with van der Waals surface area (Å²) in [6.45, 7) is 0. The minimum Gasteiger partial charge on any atom is -0.495 e. The monoisotopic (exact) mass is 399 g/mol. The minimum absolute atomic E-state index is 0.00857. The number of hydrogen-bond donors (Lipinski definition) is 0. The molecule has 7 nitrogen and oxygen atoms in total. The second-order valence-corrected chi connectivity index (χ2v) is 6.48. The third kappa shape index (κ3) is 3.56. The van der Waals surface area contributed by atoms with E-state index in [4.69, 9.17) is 4.74 Å². The molecule has 30 heavy (non-hydrogen) atoms. The molecule has 0 spiro atoms. The van der Waals surface area contributed by atoms with E-state index in [1.54, 1.807) is 54.6 Å². The number of ether oxygens (including phenoxy) is 1. The van der Waals surface area contributed by atoms with E-state index in [-0.39, 0.29) is 11.2 Å². The first kappa shape index (κ1) is 19.1. The lowest BCUT2D eigenvalue weighted by molar-refractivity contribution is -0.384. The number of aromatic nitrogens is 2. The van der Waals surface area contributed by atoms with Gasteiger partial charge in [0, 0.05) is 12.1 Å². The van der Waals surface area contributed by atoms with Crippen LogP contribution in [0.5, 0.6) is 5.75 Å². The number of nitro groups is 1. The van der Waals surface area contributed by atoms with Crippen LogP contribution >= 0.6 is 0 Å². The Balaban J connectivity index is 1.94. The van der Waals surface area contributed by atoms with Gasteiger partial charge in [-0.25, -0.2) is 4.98 Å². The number of fused-ring (bicyclic) bond motifs is 1. The van der Waals surface area contributed by atoms with Crippen LogP contribution in [-0.2, 0) is 0 Å². The van der Waals surface area contributed by atoms with Crippen molar-refractivity contribution in [1.82, 2.24) is 9.55 Å². The molecular weight excluding hydrogens is 382 g/mol. The highest BCUT2D eigenvalue weighted by Gasteiger charge is 2.14. The summed E-state index contributed by atoms with van der Waals surface area (Å²) < 4.78 is 6.92. The molecule has 0 amide bonds. The minimum atomic E-state index is -0.448. The van der Waals surface area contributed by atoms with Crippen molar-refractivity contribution in [1.29, 1.82) is 0 Å². The van der Waals surface area contributed by atoms with E-state index in [2.05, 4.69) is 4.98 Å². The normalized spacial score (nSPS) is 11.1. The summed E-state index contributed by atoms with van der Waals surface area (Å²) in [7, 11) is 1.54. The van der Waals surface area contributed by atoms with Crippen LogP contribution in [0.1, 0.15) is 11.4 Å². The lowest BCUT2D eigenvalue weighted by Crippen LogP contribution is -2.22. The molecule has 3 aromatic carbocycles. The second kappa shape index (κ2) is 8.00. The summed E-state index contributed by atoms with van der Waals surface area (Å²) in [5, 5.41) is 11.5. The summed E-state index contributed by atoms with van der Waals surface area (Å²) in [4.78, 5) is 28.6. The molecule has 0 saturated heterocycles. The lowest BCUT2D eigenvalue weighted by Gasteiger charge is -2.14. The predicted molar refractivity (Wildman–Crippen MR) is 116 cm³/mol. The van der Waals surface area contributed by atoms with Crippen LogP contribution in [0.3, 0.4) is 0 Å². The Kier molecular flexibility index (Phi) is 5.09. The molecule has 1 aromatic heterocycles. The van der Waals surface area contributed by atoms with Crippen LogP contribution < -0.4 is 10.3 Å². The van der Waals surface area contributed by atoms with Crippen molar-refractivity contribution < 1.29 is 9.66 Å². The molecule has 148 valence electrons. The third-order valence-electron chi connectivity index (χ3n) is 4.63. The summed E-state index contributed by atoms with van der Waals surface area (Å²) in [6.07, 6.45) is 3.36. The number of nitrogens with zero attached hydrogens (tertiary/aromatic N) is 3. The molecular formula is C23H17N3O4. The molecule has 4 aromatic rings. The van der Waals surface area contributed by atoms with Gasteiger partial charge in [0.15, 0.2) is 0 Å². The van der Waals surface area contributed by atoms with E-state index in [1.807, 2.05) is 18.2 Å². The fraction of sp³-hybridized carbons (Fsp3) is 0.0435. The van der Waals surface area contributed by atoms with Crippen LogP contribution in [0, 0.1) is 10.1 Å². The highest BCUT2D eigenvalue weighted by atomic mass is 16.6. The van der Waals surface area contributed by atoms with E-state index in [1.165, 1.54) is 23.8 Å². The van der Waals surface area contributed by atoms with Gasteiger partial charge < -0.3 is 4.74 Å². The average Bonchev–Trinajstić information content (AvgIpc) is 2.78. The molecule has 1 heterocycles. The summed E-state index contributed by atoms with van der Waals surface area (Å²) in [6, 6.07) is 20.5. The van der Waals surface area contributed by atoms with Crippen LogP contribution in [0.2, 0.25) is 0 Å². The average molecular weight is 399 g/mol. The van der Waals surface area contributed by atoms with E-state index in [0.717, 1.165) is 0 Å². The van der Waals surface area contributed by atoms with Gasteiger partial charge in [0.1, 0.15) is 11.6 Å². The number of methoxy groups -OCH3 is 1. The SMILES string of the molecule is COc1ccccc1-n1c(C=Cc2cccc([N+](=O)[O-])c2)nc2ccccc2c1=O. The van der Waals surface area contributed by atoms with Crippen molar-refractivity contribution in [3.8, 4) is 11.4 Å². The highest BCUT2D eigenvalue weighted by molar-refractivity contribution is 5.80. The maximum absolute atomic E-state index is 13.3. The first-order chi connectivity index (χ1) is 14.6. The maximum atomic E-state index is 13.3. The van der Waals surface area contributed by atoms with Gasteiger partial charge in [0.25, 0.3) is 11.2 Å². The number of para-hydroxylation sites is 3. The van der Waals surface area contributed by atoms with Gasteiger partial charge in [-0.2, -0.15) is 0 Å². The highest BCUT2D eigenvalue weighted by Crippen LogP contribution is 2.24. The molecule has 0 N–H and O–H groups in total. The standard InChI is InChI=1S/C23H17N3O4/c1-30-21-12-5-4-11-20(21)25-22(24-19-10-3-2-9-18(19)23(25)27)14-13-16-7-6-8-17(15-16)26(28)29/h2-15H,1H3. The quantitative estimate of drug-likeness (QED) is 0.365. The molecule has 0 atom stereocenters. The van der Waals surface area contributed by atoms with Gasteiger partial charge in [-0.1, -0.05) is 42.5 Å². The molecule has 0 unspecified atom stereocenters. The molecule has 4 rings (SSSR count). The van der Waals surface area contributed by atoms with Crippen LogP contribution in [0.4, 0.5) is 5.69 Å². The first-order valence-corrected chi connectivity index (χ1v) is 9.16. The number of hydrogen-bond acceptors (Lipinski definition) is 5. The van der Waals surface area contributed by atoms with Crippen LogP contribution in [-0.4, -0.2) is 21.6 Å². The zero-order valence-corrected chi connectivity index (χ0v) is 16.1. The Morgan fingerprint density at radius 3 is 2.57 bits per heavy atom. The van der Waals surface area contributed by atoms with Crippen LogP contribution in [0.25, 0.3) is 28.7 Å². The van der Waals surface area contributed by atoms with Crippen molar-refractivity contribution in [2.75, 3.05) is 7.11 Å². The Labute approximate surface area is 171 Å². The van der Waals surface area contributed by atoms with Gasteiger partial charge in [-0.05, 0) is 35.9 Å². The number of rotatable bonds is 5. The van der Waals surface area contributed by atoms with Crippen molar-refractivity contribution in [2.45, 2.75) is 0 Å². The van der Waals surface area contributed by atoms with E-state index in [9.17, 15) is 14.9 Å². The third-order valence-corrected chi connectivity index (χ3v) is 4.63. The summed E-state index contributed by atoms with van der Waals surface area (Å²) in [5.41, 5.74) is 1.50. The largest absolute Gasteiger partial charge is 0.495 e. The fourth-order valence-corrected chi connectivity index (χ4v) is 3.22. The fourth-order valence-electron chi connectivity index (χ4n) is 3.22. The summed E-state index contributed by atoms with van der Waals surface area (Å²) in [5.74, 6) is 0.913.